The lowest BCUT2D eigenvalue weighted by molar-refractivity contribution is 0.0698. The van der Waals surface area contributed by atoms with Crippen LogP contribution >= 0.6 is 0 Å². The van der Waals surface area contributed by atoms with Gasteiger partial charge in [-0.2, -0.15) is 4.31 Å². The second-order valence-electron chi connectivity index (χ2n) is 6.42. The van der Waals surface area contributed by atoms with Crippen molar-refractivity contribution >= 4 is 15.9 Å². The number of methoxy groups -OCH3 is 1. The van der Waals surface area contributed by atoms with Crippen LogP contribution in [0.5, 0.6) is 5.75 Å². The third-order valence-corrected chi connectivity index (χ3v) is 6.75. The van der Waals surface area contributed by atoms with E-state index in [-0.39, 0.29) is 23.9 Å². The molecule has 0 aromatic heterocycles. The maximum Gasteiger partial charge on any atom is 0.253 e. The number of carbonyl (C=O) groups is 1. The number of hydrogen-bond donors (Lipinski definition) is 0. The molecule has 1 fully saturated rings. The minimum Gasteiger partial charge on any atom is -0.497 e. The van der Waals surface area contributed by atoms with Gasteiger partial charge in [0.1, 0.15) is 5.75 Å². The second-order valence-corrected chi connectivity index (χ2v) is 8.36. The highest BCUT2D eigenvalue weighted by molar-refractivity contribution is 7.89. The van der Waals surface area contributed by atoms with E-state index in [1.165, 1.54) is 17.0 Å². The Labute approximate surface area is 160 Å². The minimum atomic E-state index is -3.57. The van der Waals surface area contributed by atoms with Crippen LogP contribution in [0.4, 0.5) is 0 Å². The molecule has 7 heteroatoms. The van der Waals surface area contributed by atoms with Gasteiger partial charge < -0.3 is 9.64 Å². The Hall–Kier alpha value is -2.38. The van der Waals surface area contributed by atoms with E-state index in [2.05, 4.69) is 6.92 Å². The van der Waals surface area contributed by atoms with Gasteiger partial charge in [-0.1, -0.05) is 19.1 Å². The van der Waals surface area contributed by atoms with Crippen molar-refractivity contribution in [2.75, 3.05) is 33.3 Å². The summed E-state index contributed by atoms with van der Waals surface area (Å²) in [5, 5.41) is 0. The van der Waals surface area contributed by atoms with E-state index in [1.807, 2.05) is 24.3 Å². The smallest absolute Gasteiger partial charge is 0.253 e. The fraction of sp³-hybridized carbons (Fsp3) is 0.350. The molecule has 6 nitrogen and oxygen atoms in total. The van der Waals surface area contributed by atoms with Gasteiger partial charge in [0.2, 0.25) is 10.0 Å². The average molecular weight is 388 g/mol. The highest BCUT2D eigenvalue weighted by Gasteiger charge is 2.30. The molecule has 1 saturated heterocycles. The number of hydrogen-bond acceptors (Lipinski definition) is 4. The van der Waals surface area contributed by atoms with Crippen molar-refractivity contribution in [2.45, 2.75) is 18.2 Å². The number of nitrogens with zero attached hydrogens (tertiary/aromatic N) is 2. The van der Waals surface area contributed by atoms with Gasteiger partial charge in [0.25, 0.3) is 5.91 Å². The number of amides is 1. The molecule has 0 radical (unpaired) electrons. The summed E-state index contributed by atoms with van der Waals surface area (Å²) in [7, 11) is -2.03. The van der Waals surface area contributed by atoms with Gasteiger partial charge in [0.15, 0.2) is 0 Å². The van der Waals surface area contributed by atoms with Gasteiger partial charge >= 0.3 is 0 Å². The summed E-state index contributed by atoms with van der Waals surface area (Å²) < 4.78 is 32.1. The molecule has 1 heterocycles. The molecular weight excluding hydrogens is 364 g/mol. The number of benzene rings is 2. The molecular formula is C20H24N2O4S. The number of piperazine rings is 1. The van der Waals surface area contributed by atoms with Crippen molar-refractivity contribution in [1.29, 1.82) is 0 Å². The summed E-state index contributed by atoms with van der Waals surface area (Å²) >= 11 is 0. The molecule has 2 aromatic carbocycles. The Morgan fingerprint density at radius 1 is 0.963 bits per heavy atom. The predicted octanol–water partition coefficient (Wildman–Crippen LogP) is 2.40. The fourth-order valence-electron chi connectivity index (χ4n) is 3.09. The highest BCUT2D eigenvalue weighted by atomic mass is 32.2. The van der Waals surface area contributed by atoms with Crippen molar-refractivity contribution in [1.82, 2.24) is 9.21 Å². The molecule has 0 unspecified atom stereocenters. The largest absolute Gasteiger partial charge is 0.497 e. The molecule has 0 spiro atoms. The lowest BCUT2D eigenvalue weighted by Crippen LogP contribution is -2.50. The SMILES string of the molecule is CCc1ccc(C(=O)N2CCN(S(=O)(=O)c3ccc(OC)cc3)CC2)cc1. The molecule has 144 valence electrons. The van der Waals surface area contributed by atoms with Crippen LogP contribution < -0.4 is 4.74 Å². The molecule has 0 N–H and O–H groups in total. The zero-order chi connectivity index (χ0) is 19.4. The number of rotatable bonds is 5. The van der Waals surface area contributed by atoms with E-state index in [0.717, 1.165) is 6.42 Å². The highest BCUT2D eigenvalue weighted by Crippen LogP contribution is 2.21. The van der Waals surface area contributed by atoms with Crippen LogP contribution in [-0.2, 0) is 16.4 Å². The summed E-state index contributed by atoms with van der Waals surface area (Å²) in [6.07, 6.45) is 0.927. The zero-order valence-electron chi connectivity index (χ0n) is 15.6. The lowest BCUT2D eigenvalue weighted by atomic mass is 10.1. The Bertz CT molecular complexity index is 885. The first kappa shape index (κ1) is 19.4. The molecule has 27 heavy (non-hydrogen) atoms. The van der Waals surface area contributed by atoms with Crippen LogP contribution in [0.3, 0.4) is 0 Å². The van der Waals surface area contributed by atoms with E-state index >= 15 is 0 Å². The first-order valence-electron chi connectivity index (χ1n) is 8.98. The maximum atomic E-state index is 12.8. The summed E-state index contributed by atoms with van der Waals surface area (Å²) in [6.45, 7) is 3.40. The van der Waals surface area contributed by atoms with E-state index in [1.54, 1.807) is 29.2 Å². The van der Waals surface area contributed by atoms with E-state index in [0.29, 0.717) is 24.4 Å². The average Bonchev–Trinajstić information content (AvgIpc) is 2.73. The maximum absolute atomic E-state index is 12.8. The summed E-state index contributed by atoms with van der Waals surface area (Å²) in [4.78, 5) is 14.6. The monoisotopic (exact) mass is 388 g/mol. The van der Waals surface area contributed by atoms with Gasteiger partial charge in [0, 0.05) is 31.7 Å². The quantitative estimate of drug-likeness (QED) is 0.789. The number of ether oxygens (including phenoxy) is 1. The predicted molar refractivity (Wildman–Crippen MR) is 103 cm³/mol. The second kappa shape index (κ2) is 8.10. The number of aryl methyl sites for hydroxylation is 1. The molecule has 2 aromatic rings. The molecule has 1 aliphatic heterocycles. The first-order chi connectivity index (χ1) is 13.0. The summed E-state index contributed by atoms with van der Waals surface area (Å²) in [5.41, 5.74) is 1.82. The van der Waals surface area contributed by atoms with Crippen LogP contribution in [0.25, 0.3) is 0 Å². The molecule has 0 saturated carbocycles. The fourth-order valence-corrected chi connectivity index (χ4v) is 4.52. The third kappa shape index (κ3) is 4.14. The summed E-state index contributed by atoms with van der Waals surface area (Å²) in [5.74, 6) is 0.553. The van der Waals surface area contributed by atoms with Crippen molar-refractivity contribution in [3.8, 4) is 5.75 Å². The molecule has 0 atom stereocenters. The summed E-state index contributed by atoms with van der Waals surface area (Å²) in [6, 6.07) is 13.9. The van der Waals surface area contributed by atoms with Gasteiger partial charge in [-0.3, -0.25) is 4.79 Å². The van der Waals surface area contributed by atoms with Crippen LogP contribution in [0, 0.1) is 0 Å². The molecule has 1 aliphatic rings. The van der Waals surface area contributed by atoms with Gasteiger partial charge in [-0.15, -0.1) is 0 Å². The Kier molecular flexibility index (Phi) is 5.82. The normalized spacial score (nSPS) is 15.6. The number of carbonyl (C=O) groups excluding carboxylic acids is 1. The lowest BCUT2D eigenvalue weighted by Gasteiger charge is -2.34. The van der Waals surface area contributed by atoms with Crippen LogP contribution in [0.1, 0.15) is 22.8 Å². The minimum absolute atomic E-state index is 0.0563. The van der Waals surface area contributed by atoms with Crippen molar-refractivity contribution < 1.29 is 17.9 Å². The van der Waals surface area contributed by atoms with Crippen molar-refractivity contribution in [3.63, 3.8) is 0 Å². The molecule has 3 rings (SSSR count). The Morgan fingerprint density at radius 2 is 1.56 bits per heavy atom. The Balaban J connectivity index is 1.65. The number of sulfonamides is 1. The third-order valence-electron chi connectivity index (χ3n) is 4.83. The first-order valence-corrected chi connectivity index (χ1v) is 10.4. The van der Waals surface area contributed by atoms with Crippen molar-refractivity contribution in [3.05, 3.63) is 59.7 Å². The van der Waals surface area contributed by atoms with Crippen LogP contribution in [0.2, 0.25) is 0 Å². The molecule has 1 amide bonds. The topological polar surface area (TPSA) is 66.9 Å². The molecule has 0 aliphatic carbocycles. The standard InChI is InChI=1S/C20H24N2O4S/c1-3-16-4-6-17(7-5-16)20(23)21-12-14-22(15-13-21)27(24,25)19-10-8-18(26-2)9-11-19/h4-11H,3,12-15H2,1-2H3. The van der Waals surface area contributed by atoms with Crippen LogP contribution in [-0.4, -0.2) is 56.8 Å². The van der Waals surface area contributed by atoms with E-state index in [9.17, 15) is 13.2 Å². The molecule has 0 bridgehead atoms. The Morgan fingerprint density at radius 3 is 2.07 bits per heavy atom. The van der Waals surface area contributed by atoms with Crippen LogP contribution in [0.15, 0.2) is 53.4 Å². The van der Waals surface area contributed by atoms with Gasteiger partial charge in [-0.25, -0.2) is 8.42 Å². The van der Waals surface area contributed by atoms with E-state index in [4.69, 9.17) is 4.74 Å². The van der Waals surface area contributed by atoms with Crippen molar-refractivity contribution in [2.24, 2.45) is 0 Å². The van der Waals surface area contributed by atoms with Gasteiger partial charge in [-0.05, 0) is 48.4 Å². The zero-order valence-corrected chi connectivity index (χ0v) is 16.4. The van der Waals surface area contributed by atoms with Gasteiger partial charge in [0.05, 0.1) is 12.0 Å². The van der Waals surface area contributed by atoms with E-state index < -0.39 is 10.0 Å².